The van der Waals surface area contributed by atoms with Gasteiger partial charge in [0.25, 0.3) is 5.91 Å². The van der Waals surface area contributed by atoms with Crippen LogP contribution in [0.4, 0.5) is 17.6 Å². The Morgan fingerprint density at radius 1 is 1.27 bits per heavy atom. The summed E-state index contributed by atoms with van der Waals surface area (Å²) < 4.78 is 47.2. The van der Waals surface area contributed by atoms with Crippen molar-refractivity contribution < 1.29 is 32.3 Å². The summed E-state index contributed by atoms with van der Waals surface area (Å²) in [5.41, 5.74) is 1.48. The number of aliphatic carboxylic acids is 1. The van der Waals surface area contributed by atoms with Crippen LogP contribution in [0.3, 0.4) is 0 Å². The molecule has 0 unspecified atom stereocenters. The number of hydrogen-bond acceptors (Lipinski definition) is 4. The van der Waals surface area contributed by atoms with Gasteiger partial charge in [-0.1, -0.05) is 17.7 Å². The van der Waals surface area contributed by atoms with Crippen molar-refractivity contribution in [3.63, 3.8) is 0 Å². The van der Waals surface area contributed by atoms with E-state index in [4.69, 9.17) is 21.5 Å². The van der Waals surface area contributed by atoms with Crippen LogP contribution in [0.15, 0.2) is 24.4 Å². The minimum absolute atomic E-state index is 0.0445. The lowest BCUT2D eigenvalue weighted by molar-refractivity contribution is -0.192. The summed E-state index contributed by atoms with van der Waals surface area (Å²) in [4.78, 5) is 29.1. The third kappa shape index (κ3) is 5.92. The van der Waals surface area contributed by atoms with E-state index in [1.165, 1.54) is 6.07 Å². The number of hydrogen-bond donors (Lipinski definition) is 1. The van der Waals surface area contributed by atoms with Crippen molar-refractivity contribution in [1.29, 1.82) is 0 Å². The first kappa shape index (κ1) is 23.6. The average molecular weight is 451 g/mol. The number of rotatable bonds is 3. The maximum atomic E-state index is 13.5. The monoisotopic (exact) mass is 450 g/mol. The molecule has 0 spiro atoms. The Hall–Kier alpha value is -2.66. The van der Waals surface area contributed by atoms with Gasteiger partial charge in [-0.2, -0.15) is 13.2 Å². The summed E-state index contributed by atoms with van der Waals surface area (Å²) in [6.07, 6.45) is -3.46. The summed E-state index contributed by atoms with van der Waals surface area (Å²) in [5.74, 6) is -2.35. The number of nitrogens with zero attached hydrogens (tertiary/aromatic N) is 4. The second-order valence-electron chi connectivity index (χ2n) is 6.67. The Balaban J connectivity index is 0.000000396. The molecule has 0 bridgehead atoms. The van der Waals surface area contributed by atoms with Crippen LogP contribution < -0.4 is 0 Å². The highest BCUT2D eigenvalue weighted by Gasteiger charge is 2.38. The fourth-order valence-corrected chi connectivity index (χ4v) is 2.86. The minimum atomic E-state index is -5.08. The SMILES string of the molecule is CN(C)C(=O)c1cnc2n1CCN(Cc1ccc(Cl)c(F)c1)C2.O=C(O)C(F)(F)F. The van der Waals surface area contributed by atoms with Crippen molar-refractivity contribution in [2.24, 2.45) is 0 Å². The van der Waals surface area contributed by atoms with Crippen LogP contribution in [0.5, 0.6) is 0 Å². The normalized spacial score (nSPS) is 13.8. The molecule has 1 amide bonds. The molecule has 0 aliphatic carbocycles. The third-order valence-electron chi connectivity index (χ3n) is 4.20. The van der Waals surface area contributed by atoms with Crippen LogP contribution in [0.2, 0.25) is 5.02 Å². The van der Waals surface area contributed by atoms with E-state index in [-0.39, 0.29) is 10.9 Å². The van der Waals surface area contributed by atoms with Crippen molar-refractivity contribution >= 4 is 23.5 Å². The molecule has 0 saturated carbocycles. The predicted molar refractivity (Wildman–Crippen MR) is 99.5 cm³/mol. The maximum absolute atomic E-state index is 13.5. The molecule has 1 aliphatic rings. The number of carboxylic acids is 1. The summed E-state index contributed by atoms with van der Waals surface area (Å²) in [5, 5.41) is 7.26. The Morgan fingerprint density at radius 2 is 1.90 bits per heavy atom. The van der Waals surface area contributed by atoms with Crippen LogP contribution >= 0.6 is 11.6 Å². The molecule has 2 aromatic rings. The van der Waals surface area contributed by atoms with Crippen molar-refractivity contribution in [3.05, 3.63) is 52.3 Å². The lowest BCUT2D eigenvalue weighted by Crippen LogP contribution is -2.35. The van der Waals surface area contributed by atoms with E-state index >= 15 is 0 Å². The molecule has 1 aliphatic heterocycles. The smallest absolute Gasteiger partial charge is 0.475 e. The molecule has 164 valence electrons. The van der Waals surface area contributed by atoms with E-state index in [0.29, 0.717) is 25.3 Å². The number of carbonyl (C=O) groups excluding carboxylic acids is 1. The van der Waals surface area contributed by atoms with Crippen molar-refractivity contribution in [2.75, 3.05) is 20.6 Å². The second-order valence-corrected chi connectivity index (χ2v) is 7.08. The zero-order valence-electron chi connectivity index (χ0n) is 16.1. The summed E-state index contributed by atoms with van der Waals surface area (Å²) in [7, 11) is 3.46. The molecule has 2 heterocycles. The number of imidazole rings is 1. The van der Waals surface area contributed by atoms with Gasteiger partial charge in [0.1, 0.15) is 17.3 Å². The number of aromatic nitrogens is 2. The third-order valence-corrected chi connectivity index (χ3v) is 4.51. The van der Waals surface area contributed by atoms with Gasteiger partial charge in [0, 0.05) is 33.7 Å². The van der Waals surface area contributed by atoms with Gasteiger partial charge < -0.3 is 14.6 Å². The van der Waals surface area contributed by atoms with Gasteiger partial charge in [-0.25, -0.2) is 14.2 Å². The van der Waals surface area contributed by atoms with E-state index in [2.05, 4.69) is 9.88 Å². The average Bonchev–Trinajstić information content (AvgIpc) is 3.07. The molecule has 0 fully saturated rings. The summed E-state index contributed by atoms with van der Waals surface area (Å²) in [6, 6.07) is 4.86. The molecule has 7 nitrogen and oxygen atoms in total. The molecule has 1 aromatic carbocycles. The number of alkyl halides is 3. The highest BCUT2D eigenvalue weighted by Crippen LogP contribution is 2.20. The highest BCUT2D eigenvalue weighted by atomic mass is 35.5. The molecule has 12 heteroatoms. The van der Waals surface area contributed by atoms with E-state index in [0.717, 1.165) is 17.9 Å². The van der Waals surface area contributed by atoms with Gasteiger partial charge in [-0.3, -0.25) is 9.69 Å². The lowest BCUT2D eigenvalue weighted by atomic mass is 10.2. The lowest BCUT2D eigenvalue weighted by Gasteiger charge is -2.28. The Labute approximate surface area is 174 Å². The van der Waals surface area contributed by atoms with E-state index < -0.39 is 18.0 Å². The fraction of sp³-hybridized carbons (Fsp3) is 0.389. The zero-order chi connectivity index (χ0) is 22.6. The summed E-state index contributed by atoms with van der Waals surface area (Å²) in [6.45, 7) is 2.73. The summed E-state index contributed by atoms with van der Waals surface area (Å²) >= 11 is 5.71. The van der Waals surface area contributed by atoms with Crippen LogP contribution in [0.1, 0.15) is 21.9 Å². The number of halogens is 5. The Bertz CT molecular complexity index is 931. The van der Waals surface area contributed by atoms with Crippen molar-refractivity contribution in [3.8, 4) is 0 Å². The van der Waals surface area contributed by atoms with Crippen LogP contribution in [-0.4, -0.2) is 63.2 Å². The van der Waals surface area contributed by atoms with Gasteiger partial charge in [-0.05, 0) is 17.7 Å². The second kappa shape index (κ2) is 9.43. The number of amides is 1. The standard InChI is InChI=1S/C16H18ClFN4O.C2HF3O2/c1-20(2)16(23)14-8-19-15-10-21(5-6-22(14)15)9-11-3-4-12(17)13(18)7-11;3-2(4,5)1(6)7/h3-4,7-8H,5-6,9-10H2,1-2H3;(H,6,7). The number of fused-ring (bicyclic) bond motifs is 1. The van der Waals surface area contributed by atoms with E-state index in [1.54, 1.807) is 31.3 Å². The quantitative estimate of drug-likeness (QED) is 0.727. The molecule has 0 saturated heterocycles. The number of benzene rings is 1. The van der Waals surface area contributed by atoms with E-state index in [1.807, 2.05) is 10.6 Å². The Morgan fingerprint density at radius 3 is 2.43 bits per heavy atom. The minimum Gasteiger partial charge on any atom is -0.475 e. The van der Waals surface area contributed by atoms with Crippen LogP contribution in [0.25, 0.3) is 0 Å². The molecule has 3 rings (SSSR count). The van der Waals surface area contributed by atoms with Gasteiger partial charge in [0.2, 0.25) is 0 Å². The molecule has 0 radical (unpaired) electrons. The van der Waals surface area contributed by atoms with Crippen molar-refractivity contribution in [1.82, 2.24) is 19.4 Å². The number of carbonyl (C=O) groups is 2. The first-order valence-corrected chi connectivity index (χ1v) is 9.00. The highest BCUT2D eigenvalue weighted by molar-refractivity contribution is 6.30. The van der Waals surface area contributed by atoms with Gasteiger partial charge in [0.05, 0.1) is 17.8 Å². The van der Waals surface area contributed by atoms with Gasteiger partial charge in [0.15, 0.2) is 0 Å². The number of carboxylic acid groups (broad SMARTS) is 1. The van der Waals surface area contributed by atoms with Crippen LogP contribution in [-0.2, 0) is 24.4 Å². The van der Waals surface area contributed by atoms with Crippen LogP contribution in [0, 0.1) is 5.82 Å². The van der Waals surface area contributed by atoms with Gasteiger partial charge in [-0.15, -0.1) is 0 Å². The van der Waals surface area contributed by atoms with E-state index in [9.17, 15) is 22.4 Å². The molecule has 1 N–H and O–H groups in total. The molecule has 1 aromatic heterocycles. The van der Waals surface area contributed by atoms with Gasteiger partial charge >= 0.3 is 12.1 Å². The largest absolute Gasteiger partial charge is 0.490 e. The maximum Gasteiger partial charge on any atom is 0.490 e. The molecule has 30 heavy (non-hydrogen) atoms. The topological polar surface area (TPSA) is 78.7 Å². The Kier molecular flexibility index (Phi) is 7.43. The first-order chi connectivity index (χ1) is 13.9. The first-order valence-electron chi connectivity index (χ1n) is 8.62. The molecular formula is C18H19ClF4N4O3. The molecule has 0 atom stereocenters. The molecular weight excluding hydrogens is 432 g/mol. The predicted octanol–water partition coefficient (Wildman–Crippen LogP) is 3.03. The fourth-order valence-electron chi connectivity index (χ4n) is 2.74. The van der Waals surface area contributed by atoms with Crippen molar-refractivity contribution in [2.45, 2.75) is 25.8 Å². The zero-order valence-corrected chi connectivity index (χ0v) is 16.8.